The highest BCUT2D eigenvalue weighted by atomic mass is 16.6. The van der Waals surface area contributed by atoms with Gasteiger partial charge in [0, 0.05) is 7.05 Å². The van der Waals surface area contributed by atoms with Gasteiger partial charge in [0.15, 0.2) is 0 Å². The number of nitro groups is 1. The maximum absolute atomic E-state index is 10.9. The smallest absolute Gasteiger partial charge is 0.390 e. The summed E-state index contributed by atoms with van der Waals surface area (Å²) in [4.78, 5) is 24.3. The van der Waals surface area contributed by atoms with Crippen LogP contribution in [-0.4, -0.2) is 27.4 Å². The first kappa shape index (κ1) is 10.2. The van der Waals surface area contributed by atoms with Crippen LogP contribution in [0.1, 0.15) is 6.42 Å². The van der Waals surface area contributed by atoms with E-state index in [4.69, 9.17) is 0 Å². The number of aromatic nitrogens is 2. The molecule has 7 heteroatoms. The van der Waals surface area contributed by atoms with Gasteiger partial charge in [-0.3, -0.25) is 4.79 Å². The molecule has 0 aromatic carbocycles. The summed E-state index contributed by atoms with van der Waals surface area (Å²) in [7, 11) is 1.52. The Bertz CT molecular complexity index is 346. The second-order valence-electron chi connectivity index (χ2n) is 2.60. The minimum Gasteiger partial charge on any atom is -0.390 e. The molecule has 1 heterocycles. The van der Waals surface area contributed by atoms with Gasteiger partial charge in [-0.1, -0.05) is 4.98 Å². The lowest BCUT2D eigenvalue weighted by Gasteiger charge is -2.00. The van der Waals surface area contributed by atoms with Crippen molar-refractivity contribution in [2.75, 3.05) is 7.05 Å². The second-order valence-corrected chi connectivity index (χ2v) is 2.60. The van der Waals surface area contributed by atoms with Gasteiger partial charge in [-0.25, -0.2) is 4.57 Å². The Labute approximate surface area is 79.9 Å². The average Bonchev–Trinajstić information content (AvgIpc) is 2.62. The zero-order chi connectivity index (χ0) is 10.6. The van der Waals surface area contributed by atoms with E-state index in [9.17, 15) is 14.9 Å². The van der Waals surface area contributed by atoms with Gasteiger partial charge in [0.1, 0.15) is 12.4 Å². The van der Waals surface area contributed by atoms with Crippen molar-refractivity contribution in [3.8, 4) is 0 Å². The van der Waals surface area contributed by atoms with Crippen LogP contribution in [-0.2, 0) is 11.3 Å². The number of nitrogens with zero attached hydrogens (tertiary/aromatic N) is 3. The van der Waals surface area contributed by atoms with E-state index in [1.165, 1.54) is 24.0 Å². The SMILES string of the molecule is CNC(=O)CCn1ccnc1[N+](=O)[O-]. The average molecular weight is 198 g/mol. The number of amides is 1. The highest BCUT2D eigenvalue weighted by Gasteiger charge is 2.14. The van der Waals surface area contributed by atoms with Gasteiger partial charge in [-0.15, -0.1) is 0 Å². The monoisotopic (exact) mass is 198 g/mol. The molecular formula is C7H10N4O3. The third kappa shape index (κ3) is 2.28. The van der Waals surface area contributed by atoms with E-state index in [1.807, 2.05) is 0 Å². The van der Waals surface area contributed by atoms with Gasteiger partial charge < -0.3 is 15.4 Å². The molecule has 1 aromatic rings. The summed E-state index contributed by atoms with van der Waals surface area (Å²) in [6.45, 7) is 0.260. The number of carbonyl (C=O) groups excluding carboxylic acids is 1. The van der Waals surface area contributed by atoms with Crippen LogP contribution in [0.3, 0.4) is 0 Å². The molecule has 14 heavy (non-hydrogen) atoms. The number of carbonyl (C=O) groups is 1. The molecule has 0 aliphatic heterocycles. The van der Waals surface area contributed by atoms with Gasteiger partial charge in [0.25, 0.3) is 0 Å². The van der Waals surface area contributed by atoms with Crippen molar-refractivity contribution in [2.45, 2.75) is 13.0 Å². The Morgan fingerprint density at radius 1 is 1.79 bits per heavy atom. The van der Waals surface area contributed by atoms with Gasteiger partial charge in [-0.2, -0.15) is 0 Å². The molecule has 1 amide bonds. The van der Waals surface area contributed by atoms with Gasteiger partial charge in [-0.05, 0) is 4.92 Å². The number of hydrogen-bond donors (Lipinski definition) is 1. The lowest BCUT2D eigenvalue weighted by Crippen LogP contribution is -2.19. The predicted molar refractivity (Wildman–Crippen MR) is 47.6 cm³/mol. The Kier molecular flexibility index (Phi) is 3.16. The first-order valence-electron chi connectivity index (χ1n) is 4.01. The van der Waals surface area contributed by atoms with E-state index in [0.717, 1.165) is 0 Å². The minimum absolute atomic E-state index is 0.159. The van der Waals surface area contributed by atoms with Crippen LogP contribution in [0.2, 0.25) is 0 Å². The number of nitrogens with one attached hydrogen (secondary N) is 1. The van der Waals surface area contributed by atoms with E-state index in [0.29, 0.717) is 0 Å². The molecular weight excluding hydrogens is 188 g/mol. The summed E-state index contributed by atoms with van der Waals surface area (Å²) >= 11 is 0. The number of hydrogen-bond acceptors (Lipinski definition) is 4. The molecule has 0 aliphatic rings. The molecule has 0 saturated heterocycles. The number of rotatable bonds is 4. The Morgan fingerprint density at radius 3 is 3.07 bits per heavy atom. The first-order chi connectivity index (χ1) is 6.65. The normalized spacial score (nSPS) is 9.79. The van der Waals surface area contributed by atoms with E-state index in [1.54, 1.807) is 0 Å². The van der Waals surface area contributed by atoms with Gasteiger partial charge in [0.2, 0.25) is 5.91 Å². The van der Waals surface area contributed by atoms with Crippen LogP contribution in [0.15, 0.2) is 12.4 Å². The van der Waals surface area contributed by atoms with Crippen LogP contribution in [0.25, 0.3) is 0 Å². The van der Waals surface area contributed by atoms with Crippen LogP contribution < -0.4 is 5.32 Å². The highest BCUT2D eigenvalue weighted by molar-refractivity contribution is 5.75. The van der Waals surface area contributed by atoms with Gasteiger partial charge in [0.05, 0.1) is 13.0 Å². The molecule has 1 N–H and O–H groups in total. The molecule has 0 radical (unpaired) electrons. The van der Waals surface area contributed by atoms with Crippen LogP contribution in [0, 0.1) is 10.1 Å². The maximum atomic E-state index is 10.9. The van der Waals surface area contributed by atoms with Crippen molar-refractivity contribution in [3.05, 3.63) is 22.5 Å². The largest absolute Gasteiger partial charge is 0.434 e. The van der Waals surface area contributed by atoms with Crippen molar-refractivity contribution in [1.29, 1.82) is 0 Å². The topological polar surface area (TPSA) is 90.1 Å². The van der Waals surface area contributed by atoms with E-state index in [-0.39, 0.29) is 24.8 Å². The summed E-state index contributed by atoms with van der Waals surface area (Å²) in [6.07, 6.45) is 3.01. The molecule has 0 bridgehead atoms. The fourth-order valence-corrected chi connectivity index (χ4v) is 0.995. The summed E-state index contributed by atoms with van der Waals surface area (Å²) in [6, 6.07) is 0. The third-order valence-electron chi connectivity index (χ3n) is 1.72. The van der Waals surface area contributed by atoms with Crippen molar-refractivity contribution in [3.63, 3.8) is 0 Å². The standard InChI is InChI=1S/C7H10N4O3/c1-8-6(12)2-4-10-5-3-9-7(10)11(13)14/h3,5H,2,4H2,1H3,(H,8,12). The predicted octanol–water partition coefficient (Wildman–Crippen LogP) is -0.0726. The second kappa shape index (κ2) is 4.35. The number of imidazole rings is 1. The highest BCUT2D eigenvalue weighted by Crippen LogP contribution is 2.07. The van der Waals surface area contributed by atoms with Crippen LogP contribution in [0.4, 0.5) is 5.95 Å². The molecule has 0 aliphatic carbocycles. The Balaban J connectivity index is 2.63. The van der Waals surface area contributed by atoms with Gasteiger partial charge >= 0.3 is 5.95 Å². The Morgan fingerprint density at radius 2 is 2.50 bits per heavy atom. The fourth-order valence-electron chi connectivity index (χ4n) is 0.995. The molecule has 0 saturated carbocycles. The zero-order valence-electron chi connectivity index (χ0n) is 7.64. The molecule has 1 rings (SSSR count). The third-order valence-corrected chi connectivity index (χ3v) is 1.72. The van der Waals surface area contributed by atoms with Crippen molar-refractivity contribution < 1.29 is 9.72 Å². The molecule has 7 nitrogen and oxygen atoms in total. The quantitative estimate of drug-likeness (QED) is 0.541. The molecule has 1 aromatic heterocycles. The van der Waals surface area contributed by atoms with Crippen LogP contribution >= 0.6 is 0 Å². The molecule has 0 unspecified atom stereocenters. The molecule has 0 atom stereocenters. The van der Waals surface area contributed by atoms with E-state index in [2.05, 4.69) is 10.3 Å². The summed E-state index contributed by atoms with van der Waals surface area (Å²) < 4.78 is 1.33. The first-order valence-corrected chi connectivity index (χ1v) is 4.01. The van der Waals surface area contributed by atoms with Crippen molar-refractivity contribution >= 4 is 11.9 Å². The minimum atomic E-state index is -0.580. The van der Waals surface area contributed by atoms with E-state index >= 15 is 0 Å². The molecule has 0 spiro atoms. The van der Waals surface area contributed by atoms with E-state index < -0.39 is 4.92 Å². The zero-order valence-corrected chi connectivity index (χ0v) is 7.64. The van der Waals surface area contributed by atoms with Crippen molar-refractivity contribution in [1.82, 2.24) is 14.9 Å². The lowest BCUT2D eigenvalue weighted by molar-refractivity contribution is -0.396. The Hall–Kier alpha value is -1.92. The van der Waals surface area contributed by atoms with Crippen LogP contribution in [0.5, 0.6) is 0 Å². The molecule has 76 valence electrons. The fraction of sp³-hybridized carbons (Fsp3) is 0.429. The maximum Gasteiger partial charge on any atom is 0.434 e. The van der Waals surface area contributed by atoms with Crippen molar-refractivity contribution in [2.24, 2.45) is 0 Å². The lowest BCUT2D eigenvalue weighted by atomic mass is 10.4. The molecule has 0 fully saturated rings. The summed E-state index contributed by atoms with van der Waals surface area (Å²) in [5.74, 6) is -0.401. The number of aryl methyl sites for hydroxylation is 1. The summed E-state index contributed by atoms with van der Waals surface area (Å²) in [5, 5.41) is 12.9. The summed E-state index contributed by atoms with van der Waals surface area (Å²) in [5.41, 5.74) is 0.